The van der Waals surface area contributed by atoms with Crippen molar-refractivity contribution in [2.75, 3.05) is 13.1 Å². The lowest BCUT2D eigenvalue weighted by Crippen LogP contribution is -2.46. The van der Waals surface area contributed by atoms with Gasteiger partial charge in [0.15, 0.2) is 5.65 Å². The maximum atomic E-state index is 13.8. The molecule has 1 aliphatic heterocycles. The Labute approximate surface area is 119 Å². The minimum Gasteiger partial charge on any atom is -0.315 e. The van der Waals surface area contributed by atoms with Gasteiger partial charge in [-0.2, -0.15) is 13.2 Å². The normalized spacial score (nSPS) is 26.6. The molecule has 1 N–H and O–H groups in total. The molecule has 1 saturated heterocycles. The van der Waals surface area contributed by atoms with Crippen LogP contribution in [0.25, 0.3) is 11.2 Å². The summed E-state index contributed by atoms with van der Waals surface area (Å²) in [5.41, 5.74) is -0.767. The summed E-state index contributed by atoms with van der Waals surface area (Å²) in [6.07, 6.45) is -0.871. The molecule has 1 unspecified atom stereocenters. The number of nitrogens with one attached hydrogen (secondary N) is 1. The van der Waals surface area contributed by atoms with Crippen LogP contribution >= 0.6 is 0 Å². The Morgan fingerprint density at radius 1 is 1.33 bits per heavy atom. The van der Waals surface area contributed by atoms with Crippen LogP contribution in [-0.2, 0) is 5.41 Å². The fourth-order valence-corrected chi connectivity index (χ4v) is 3.20. The van der Waals surface area contributed by atoms with Crippen LogP contribution in [0.1, 0.15) is 31.1 Å². The predicted octanol–water partition coefficient (Wildman–Crippen LogP) is 2.56. The highest BCUT2D eigenvalue weighted by Gasteiger charge is 2.60. The average Bonchev–Trinajstić information content (AvgIpc) is 3.03. The number of imidazole rings is 1. The number of aromatic nitrogens is 3. The average molecular weight is 296 g/mol. The van der Waals surface area contributed by atoms with E-state index in [1.54, 1.807) is 22.9 Å². The molecule has 1 atom stereocenters. The summed E-state index contributed by atoms with van der Waals surface area (Å²) in [6, 6.07) is 3.56. The first-order valence-corrected chi connectivity index (χ1v) is 7.14. The number of halogens is 3. The number of hydrogen-bond acceptors (Lipinski definition) is 3. The van der Waals surface area contributed by atoms with E-state index >= 15 is 0 Å². The van der Waals surface area contributed by atoms with Crippen LogP contribution in [0.2, 0.25) is 0 Å². The van der Waals surface area contributed by atoms with Gasteiger partial charge in [0.2, 0.25) is 0 Å². The molecule has 0 amide bonds. The standard InChI is InChI=1S/C14H15F3N4/c15-14(16,17)13(5-7-18-8-13)12-20-10-2-1-6-19-11(10)21(12)9-3-4-9/h1-2,6,9,18H,3-5,7-8H2. The van der Waals surface area contributed by atoms with Gasteiger partial charge in [-0.05, 0) is 37.9 Å². The molecule has 0 bridgehead atoms. The van der Waals surface area contributed by atoms with Gasteiger partial charge in [0, 0.05) is 18.8 Å². The van der Waals surface area contributed by atoms with Crippen molar-refractivity contribution in [3.63, 3.8) is 0 Å². The van der Waals surface area contributed by atoms with Crippen molar-refractivity contribution < 1.29 is 13.2 Å². The van der Waals surface area contributed by atoms with Crippen molar-refractivity contribution in [2.24, 2.45) is 0 Å². The van der Waals surface area contributed by atoms with E-state index in [0.29, 0.717) is 17.7 Å². The van der Waals surface area contributed by atoms with Crippen molar-refractivity contribution in [2.45, 2.75) is 36.9 Å². The first-order valence-electron chi connectivity index (χ1n) is 7.14. The molecule has 4 rings (SSSR count). The molecular formula is C14H15F3N4. The third kappa shape index (κ3) is 1.79. The zero-order valence-electron chi connectivity index (χ0n) is 11.3. The molecule has 1 saturated carbocycles. The van der Waals surface area contributed by atoms with Crippen molar-refractivity contribution in [3.8, 4) is 0 Å². The van der Waals surface area contributed by atoms with Crippen LogP contribution in [0.4, 0.5) is 13.2 Å². The molecule has 1 aliphatic carbocycles. The second kappa shape index (κ2) is 4.19. The molecule has 2 aromatic rings. The maximum absolute atomic E-state index is 13.8. The van der Waals surface area contributed by atoms with E-state index < -0.39 is 11.6 Å². The summed E-state index contributed by atoms with van der Waals surface area (Å²) in [4.78, 5) is 8.60. The Hall–Kier alpha value is -1.63. The summed E-state index contributed by atoms with van der Waals surface area (Å²) in [5, 5.41) is 2.86. The number of pyridine rings is 1. The van der Waals surface area contributed by atoms with Gasteiger partial charge in [0.25, 0.3) is 0 Å². The highest BCUT2D eigenvalue weighted by molar-refractivity contribution is 5.72. The summed E-state index contributed by atoms with van der Waals surface area (Å²) in [6.45, 7) is 0.257. The molecular weight excluding hydrogens is 281 g/mol. The zero-order chi connectivity index (χ0) is 14.7. The fourth-order valence-electron chi connectivity index (χ4n) is 3.20. The van der Waals surface area contributed by atoms with Crippen molar-refractivity contribution in [1.29, 1.82) is 0 Å². The third-order valence-electron chi connectivity index (χ3n) is 4.49. The molecule has 112 valence electrons. The largest absolute Gasteiger partial charge is 0.402 e. The van der Waals surface area contributed by atoms with Crippen molar-refractivity contribution >= 4 is 11.2 Å². The molecule has 4 nitrogen and oxygen atoms in total. The lowest BCUT2D eigenvalue weighted by molar-refractivity contribution is -0.187. The lowest BCUT2D eigenvalue weighted by atomic mass is 9.85. The summed E-state index contributed by atoms with van der Waals surface area (Å²) in [7, 11) is 0. The monoisotopic (exact) mass is 296 g/mol. The fraction of sp³-hybridized carbons (Fsp3) is 0.571. The topological polar surface area (TPSA) is 42.7 Å². The lowest BCUT2D eigenvalue weighted by Gasteiger charge is -2.30. The molecule has 0 spiro atoms. The van der Waals surface area contributed by atoms with Crippen LogP contribution in [0.5, 0.6) is 0 Å². The van der Waals surface area contributed by atoms with E-state index in [0.717, 1.165) is 12.8 Å². The van der Waals surface area contributed by atoms with E-state index in [9.17, 15) is 13.2 Å². The zero-order valence-corrected chi connectivity index (χ0v) is 11.3. The number of fused-ring (bicyclic) bond motifs is 1. The van der Waals surface area contributed by atoms with E-state index in [4.69, 9.17) is 0 Å². The van der Waals surface area contributed by atoms with Crippen LogP contribution in [0, 0.1) is 0 Å². The smallest absolute Gasteiger partial charge is 0.315 e. The van der Waals surface area contributed by atoms with Gasteiger partial charge in [-0.15, -0.1) is 0 Å². The van der Waals surface area contributed by atoms with Crippen LogP contribution in [0.15, 0.2) is 18.3 Å². The molecule has 3 heterocycles. The Morgan fingerprint density at radius 3 is 2.76 bits per heavy atom. The SMILES string of the molecule is FC(F)(F)C1(c2nc3cccnc3n2C2CC2)CCNC1. The Bertz CT molecular complexity index is 681. The molecule has 0 aromatic carbocycles. The highest BCUT2D eigenvalue weighted by atomic mass is 19.4. The Balaban J connectivity index is 1.98. The van der Waals surface area contributed by atoms with Gasteiger partial charge in [0.1, 0.15) is 16.8 Å². The summed E-state index contributed by atoms with van der Waals surface area (Å²) in [5.74, 6) is 0.135. The Morgan fingerprint density at radius 2 is 2.14 bits per heavy atom. The van der Waals surface area contributed by atoms with E-state index in [2.05, 4.69) is 15.3 Å². The first kappa shape index (κ1) is 13.1. The number of rotatable bonds is 2. The third-order valence-corrected chi connectivity index (χ3v) is 4.49. The van der Waals surface area contributed by atoms with E-state index in [1.165, 1.54) is 0 Å². The van der Waals surface area contributed by atoms with Crippen molar-refractivity contribution in [1.82, 2.24) is 19.9 Å². The van der Waals surface area contributed by atoms with E-state index in [-0.39, 0.29) is 24.8 Å². The van der Waals surface area contributed by atoms with Crippen molar-refractivity contribution in [3.05, 3.63) is 24.2 Å². The van der Waals surface area contributed by atoms with Gasteiger partial charge in [-0.1, -0.05) is 0 Å². The van der Waals surface area contributed by atoms with Gasteiger partial charge in [0.05, 0.1) is 0 Å². The first-order chi connectivity index (χ1) is 10.0. The number of nitrogens with zero attached hydrogens (tertiary/aromatic N) is 3. The highest BCUT2D eigenvalue weighted by Crippen LogP contribution is 2.48. The van der Waals surface area contributed by atoms with Crippen LogP contribution in [0.3, 0.4) is 0 Å². The minimum absolute atomic E-state index is 0.0343. The summed E-state index contributed by atoms with van der Waals surface area (Å²) < 4.78 is 43.1. The molecule has 7 heteroatoms. The minimum atomic E-state index is -4.31. The predicted molar refractivity (Wildman–Crippen MR) is 71.0 cm³/mol. The Kier molecular flexibility index (Phi) is 2.61. The molecule has 2 fully saturated rings. The molecule has 2 aromatic heterocycles. The number of alkyl halides is 3. The van der Waals surface area contributed by atoms with Gasteiger partial charge in [-0.3, -0.25) is 0 Å². The molecule has 0 radical (unpaired) electrons. The summed E-state index contributed by atoms with van der Waals surface area (Å²) >= 11 is 0. The maximum Gasteiger partial charge on any atom is 0.402 e. The van der Waals surface area contributed by atoms with Gasteiger partial charge < -0.3 is 9.88 Å². The quantitative estimate of drug-likeness (QED) is 0.926. The van der Waals surface area contributed by atoms with Gasteiger partial charge >= 0.3 is 6.18 Å². The van der Waals surface area contributed by atoms with Crippen LogP contribution in [-0.4, -0.2) is 33.8 Å². The second-order valence-corrected chi connectivity index (χ2v) is 5.89. The molecule has 2 aliphatic rings. The second-order valence-electron chi connectivity index (χ2n) is 5.89. The van der Waals surface area contributed by atoms with Crippen LogP contribution < -0.4 is 5.32 Å². The molecule has 21 heavy (non-hydrogen) atoms. The van der Waals surface area contributed by atoms with Gasteiger partial charge in [-0.25, -0.2) is 9.97 Å². The van der Waals surface area contributed by atoms with E-state index in [1.807, 2.05) is 0 Å². The number of hydrogen-bond donors (Lipinski definition) is 1.